The van der Waals surface area contributed by atoms with Gasteiger partial charge in [0.15, 0.2) is 0 Å². The van der Waals surface area contributed by atoms with Crippen LogP contribution in [0.15, 0.2) is 144 Å². The number of pyridine rings is 1. The number of rotatable bonds is 4. The first-order chi connectivity index (χ1) is 18.3. The summed E-state index contributed by atoms with van der Waals surface area (Å²) in [5.41, 5.74) is 11.0. The third-order valence-corrected chi connectivity index (χ3v) is 6.97. The van der Waals surface area contributed by atoms with Gasteiger partial charge in [-0.2, -0.15) is 0 Å². The molecule has 7 aromatic rings. The predicted octanol–water partition coefficient (Wildman–Crippen LogP) is 9.65. The van der Waals surface area contributed by atoms with Crippen molar-refractivity contribution in [3.05, 3.63) is 140 Å². The van der Waals surface area contributed by atoms with Crippen molar-refractivity contribution >= 4 is 21.9 Å². The van der Waals surface area contributed by atoms with E-state index in [1.807, 2.05) is 36.5 Å². The predicted molar refractivity (Wildman–Crippen MR) is 153 cm³/mol. The molecule has 2 nitrogen and oxygen atoms in total. The summed E-state index contributed by atoms with van der Waals surface area (Å²) >= 11 is 0. The zero-order valence-electron chi connectivity index (χ0n) is 20.1. The second kappa shape index (κ2) is 8.92. The van der Waals surface area contributed by atoms with Gasteiger partial charge in [-0.15, -0.1) is 0 Å². The van der Waals surface area contributed by atoms with E-state index in [0.717, 1.165) is 44.3 Å². The lowest BCUT2D eigenvalue weighted by atomic mass is 9.96. The van der Waals surface area contributed by atoms with Gasteiger partial charge in [0.05, 0.1) is 5.69 Å². The van der Waals surface area contributed by atoms with E-state index in [2.05, 4.69) is 108 Å². The lowest BCUT2D eigenvalue weighted by Crippen LogP contribution is -1.85. The van der Waals surface area contributed by atoms with Crippen LogP contribution in [0.3, 0.4) is 0 Å². The van der Waals surface area contributed by atoms with Crippen molar-refractivity contribution in [2.75, 3.05) is 0 Å². The van der Waals surface area contributed by atoms with Crippen molar-refractivity contribution in [2.24, 2.45) is 0 Å². The van der Waals surface area contributed by atoms with E-state index in [0.29, 0.717) is 0 Å². The van der Waals surface area contributed by atoms with Gasteiger partial charge in [-0.3, -0.25) is 4.98 Å². The van der Waals surface area contributed by atoms with Crippen LogP contribution in [0.4, 0.5) is 0 Å². The highest BCUT2D eigenvalue weighted by molar-refractivity contribution is 6.09. The Morgan fingerprint density at radius 1 is 0.432 bits per heavy atom. The Balaban J connectivity index is 1.18. The molecule has 0 amide bonds. The Bertz CT molecular complexity index is 1850. The Hall–Kier alpha value is -4.95. The number of benzene rings is 5. The molecule has 0 spiro atoms. The number of aromatic nitrogens is 1. The number of furan rings is 1. The molecule has 0 atom stereocenters. The third-order valence-electron chi connectivity index (χ3n) is 6.97. The second-order valence-corrected chi connectivity index (χ2v) is 9.23. The van der Waals surface area contributed by atoms with E-state index >= 15 is 0 Å². The number of fused-ring (bicyclic) bond motifs is 3. The van der Waals surface area contributed by atoms with Crippen LogP contribution >= 0.6 is 0 Å². The second-order valence-electron chi connectivity index (χ2n) is 9.23. The average Bonchev–Trinajstić information content (AvgIpc) is 3.37. The van der Waals surface area contributed by atoms with Crippen LogP contribution in [0.2, 0.25) is 0 Å². The Kier molecular flexibility index (Phi) is 5.15. The molecular weight excluding hydrogens is 450 g/mol. The van der Waals surface area contributed by atoms with Crippen LogP contribution in [0.5, 0.6) is 0 Å². The minimum atomic E-state index is 0.923. The first kappa shape index (κ1) is 21.3. The van der Waals surface area contributed by atoms with E-state index < -0.39 is 0 Å². The van der Waals surface area contributed by atoms with Crippen LogP contribution < -0.4 is 0 Å². The van der Waals surface area contributed by atoms with Gasteiger partial charge in [0.25, 0.3) is 0 Å². The first-order valence-electron chi connectivity index (χ1n) is 12.5. The molecule has 0 bridgehead atoms. The van der Waals surface area contributed by atoms with E-state index in [9.17, 15) is 0 Å². The van der Waals surface area contributed by atoms with E-state index in [4.69, 9.17) is 4.42 Å². The molecule has 0 saturated heterocycles. The maximum absolute atomic E-state index is 6.24. The van der Waals surface area contributed by atoms with Crippen LogP contribution in [-0.2, 0) is 0 Å². The molecule has 5 aromatic carbocycles. The molecule has 0 saturated carbocycles. The minimum absolute atomic E-state index is 0.923. The van der Waals surface area contributed by atoms with Crippen LogP contribution in [-0.4, -0.2) is 4.98 Å². The molecule has 0 aliphatic heterocycles. The largest absolute Gasteiger partial charge is 0.455 e. The third kappa shape index (κ3) is 3.89. The molecule has 0 N–H and O–H groups in total. The molecule has 0 fully saturated rings. The molecule has 2 aromatic heterocycles. The molecular formula is C35H23NO. The SMILES string of the molecule is c1ccc(-c2cccc(-c3ccc(-c4ccc(-c5cccc6c5oc5ccccc56)cc4)cc3)c2)nc1. The van der Waals surface area contributed by atoms with Gasteiger partial charge in [-0.05, 0) is 52.1 Å². The maximum atomic E-state index is 6.24. The van der Waals surface area contributed by atoms with Gasteiger partial charge in [-0.25, -0.2) is 0 Å². The standard InChI is InChI=1S/C35H23NO/c1-2-13-34-31(9-1)32-11-6-10-30(35(32)37-34)27-20-18-25(19-21-27)24-14-16-26(17-15-24)28-7-5-8-29(23-28)33-12-3-4-22-36-33/h1-23H. The summed E-state index contributed by atoms with van der Waals surface area (Å²) in [5, 5.41) is 2.31. The van der Waals surface area contributed by atoms with Crippen LogP contribution in [0.25, 0.3) is 66.6 Å². The van der Waals surface area contributed by atoms with Gasteiger partial charge < -0.3 is 4.42 Å². The topological polar surface area (TPSA) is 26.0 Å². The molecule has 0 aliphatic rings. The van der Waals surface area contributed by atoms with Gasteiger partial charge >= 0.3 is 0 Å². The fourth-order valence-electron chi connectivity index (χ4n) is 5.06. The molecule has 2 heterocycles. The summed E-state index contributed by atoms with van der Waals surface area (Å²) in [6.07, 6.45) is 1.83. The molecule has 37 heavy (non-hydrogen) atoms. The maximum Gasteiger partial charge on any atom is 0.143 e. The monoisotopic (exact) mass is 473 g/mol. The van der Waals surface area contributed by atoms with E-state index in [1.54, 1.807) is 0 Å². The molecule has 7 rings (SSSR count). The number of para-hydroxylation sites is 2. The highest BCUT2D eigenvalue weighted by Gasteiger charge is 2.12. The Morgan fingerprint density at radius 2 is 1.05 bits per heavy atom. The summed E-state index contributed by atoms with van der Waals surface area (Å²) in [5.74, 6) is 0. The van der Waals surface area contributed by atoms with Gasteiger partial charge in [0.2, 0.25) is 0 Å². The smallest absolute Gasteiger partial charge is 0.143 e. The van der Waals surface area contributed by atoms with Gasteiger partial charge in [0.1, 0.15) is 11.2 Å². The van der Waals surface area contributed by atoms with Crippen molar-refractivity contribution in [1.82, 2.24) is 4.98 Å². The highest BCUT2D eigenvalue weighted by Crippen LogP contribution is 2.36. The fraction of sp³-hybridized carbons (Fsp3) is 0. The zero-order valence-corrected chi connectivity index (χ0v) is 20.1. The molecule has 174 valence electrons. The molecule has 2 heteroatoms. The lowest BCUT2D eigenvalue weighted by Gasteiger charge is -2.08. The highest BCUT2D eigenvalue weighted by atomic mass is 16.3. The number of hydrogen-bond acceptors (Lipinski definition) is 2. The molecule has 0 aliphatic carbocycles. The molecule has 0 unspecified atom stereocenters. The van der Waals surface area contributed by atoms with Gasteiger partial charge in [0, 0.05) is 28.1 Å². The summed E-state index contributed by atoms with van der Waals surface area (Å²) in [6.45, 7) is 0. The fourth-order valence-corrected chi connectivity index (χ4v) is 5.06. The van der Waals surface area contributed by atoms with Crippen molar-refractivity contribution < 1.29 is 4.42 Å². The Morgan fingerprint density at radius 3 is 1.81 bits per heavy atom. The van der Waals surface area contributed by atoms with Crippen molar-refractivity contribution in [1.29, 1.82) is 0 Å². The Labute approximate surface area is 215 Å². The average molecular weight is 474 g/mol. The van der Waals surface area contributed by atoms with Crippen molar-refractivity contribution in [3.63, 3.8) is 0 Å². The van der Waals surface area contributed by atoms with Crippen molar-refractivity contribution in [2.45, 2.75) is 0 Å². The molecule has 0 radical (unpaired) electrons. The summed E-state index contributed by atoms with van der Waals surface area (Å²) in [7, 11) is 0. The van der Waals surface area contributed by atoms with Gasteiger partial charge in [-0.1, -0.05) is 109 Å². The normalized spacial score (nSPS) is 11.2. The van der Waals surface area contributed by atoms with E-state index in [1.165, 1.54) is 22.3 Å². The van der Waals surface area contributed by atoms with E-state index in [-0.39, 0.29) is 0 Å². The van der Waals surface area contributed by atoms with Crippen LogP contribution in [0, 0.1) is 0 Å². The zero-order chi connectivity index (χ0) is 24.6. The van der Waals surface area contributed by atoms with Crippen LogP contribution in [0.1, 0.15) is 0 Å². The number of nitrogens with zero attached hydrogens (tertiary/aromatic N) is 1. The summed E-state index contributed by atoms with van der Waals surface area (Å²) in [4.78, 5) is 4.49. The number of hydrogen-bond donors (Lipinski definition) is 0. The van der Waals surface area contributed by atoms with Crippen molar-refractivity contribution in [3.8, 4) is 44.6 Å². The summed E-state index contributed by atoms with van der Waals surface area (Å²) < 4.78 is 6.24. The first-order valence-corrected chi connectivity index (χ1v) is 12.5. The quantitative estimate of drug-likeness (QED) is 0.254. The minimum Gasteiger partial charge on any atom is -0.455 e. The summed E-state index contributed by atoms with van der Waals surface area (Å²) in [6, 6.07) is 46.6. The lowest BCUT2D eigenvalue weighted by molar-refractivity contribution is 0.670.